The molecule has 0 aliphatic carbocycles. The standard InChI is InChI=1S/C13H22N2O2/c1-13(2)9-14-11(16)7-5-3-4-6-8-12(17)15-10-13/h3-4H,5-10H2,1-2H3,(H,14,16)(H,15,17)/b4-3+. The molecule has 0 spiro atoms. The third kappa shape index (κ3) is 6.09. The van der Waals surface area contributed by atoms with E-state index in [-0.39, 0.29) is 17.2 Å². The van der Waals surface area contributed by atoms with Crippen molar-refractivity contribution in [3.63, 3.8) is 0 Å². The monoisotopic (exact) mass is 238 g/mol. The van der Waals surface area contributed by atoms with Crippen LogP contribution in [-0.4, -0.2) is 24.9 Å². The molecule has 0 saturated heterocycles. The predicted octanol–water partition coefficient (Wildman–Crippen LogP) is 1.38. The van der Waals surface area contributed by atoms with Gasteiger partial charge in [0.2, 0.25) is 11.8 Å². The lowest BCUT2D eigenvalue weighted by Crippen LogP contribution is -2.41. The van der Waals surface area contributed by atoms with E-state index in [4.69, 9.17) is 0 Å². The average Bonchev–Trinajstić information content (AvgIpc) is 2.28. The van der Waals surface area contributed by atoms with Crippen LogP contribution in [0.3, 0.4) is 0 Å². The van der Waals surface area contributed by atoms with Gasteiger partial charge in [-0.2, -0.15) is 0 Å². The van der Waals surface area contributed by atoms with Gasteiger partial charge in [-0.05, 0) is 18.3 Å². The van der Waals surface area contributed by atoms with Gasteiger partial charge in [-0.25, -0.2) is 0 Å². The molecular formula is C13H22N2O2. The van der Waals surface area contributed by atoms with Crippen molar-refractivity contribution in [1.82, 2.24) is 10.6 Å². The molecule has 0 bridgehead atoms. The Hall–Kier alpha value is -1.32. The van der Waals surface area contributed by atoms with Gasteiger partial charge in [-0.15, -0.1) is 0 Å². The van der Waals surface area contributed by atoms with Gasteiger partial charge >= 0.3 is 0 Å². The third-order valence-corrected chi connectivity index (χ3v) is 2.77. The summed E-state index contributed by atoms with van der Waals surface area (Å²) in [6.45, 7) is 5.25. The van der Waals surface area contributed by atoms with Gasteiger partial charge in [-0.3, -0.25) is 9.59 Å². The quantitative estimate of drug-likeness (QED) is 0.626. The van der Waals surface area contributed by atoms with Crippen LogP contribution in [0.15, 0.2) is 12.2 Å². The van der Waals surface area contributed by atoms with E-state index in [0.29, 0.717) is 25.9 Å². The number of hydrogen-bond donors (Lipinski definition) is 2. The number of nitrogens with one attached hydrogen (secondary N) is 2. The van der Waals surface area contributed by atoms with Crippen molar-refractivity contribution >= 4 is 11.8 Å². The van der Waals surface area contributed by atoms with Crippen molar-refractivity contribution < 1.29 is 9.59 Å². The average molecular weight is 238 g/mol. The maximum Gasteiger partial charge on any atom is 0.220 e. The van der Waals surface area contributed by atoms with Crippen LogP contribution in [0.4, 0.5) is 0 Å². The van der Waals surface area contributed by atoms with E-state index >= 15 is 0 Å². The zero-order valence-electron chi connectivity index (χ0n) is 10.7. The number of amides is 2. The molecule has 17 heavy (non-hydrogen) atoms. The van der Waals surface area contributed by atoms with E-state index in [1.165, 1.54) is 0 Å². The van der Waals surface area contributed by atoms with Crippen molar-refractivity contribution in [2.45, 2.75) is 39.5 Å². The molecule has 1 aliphatic rings. The summed E-state index contributed by atoms with van der Waals surface area (Å²) >= 11 is 0. The Bertz CT molecular complexity index is 281. The summed E-state index contributed by atoms with van der Waals surface area (Å²) in [4.78, 5) is 23.0. The number of carbonyl (C=O) groups is 2. The first-order valence-electron chi connectivity index (χ1n) is 6.18. The highest BCUT2D eigenvalue weighted by Gasteiger charge is 2.19. The maximum atomic E-state index is 11.5. The molecule has 4 heteroatoms. The molecule has 1 rings (SSSR count). The van der Waals surface area contributed by atoms with E-state index in [9.17, 15) is 9.59 Å². The van der Waals surface area contributed by atoms with Crippen LogP contribution in [-0.2, 0) is 9.59 Å². The van der Waals surface area contributed by atoms with E-state index in [1.807, 2.05) is 26.0 Å². The van der Waals surface area contributed by atoms with Gasteiger partial charge in [0.05, 0.1) is 0 Å². The fraction of sp³-hybridized carbons (Fsp3) is 0.692. The summed E-state index contributed by atoms with van der Waals surface area (Å²) in [6.07, 6.45) is 6.47. The summed E-state index contributed by atoms with van der Waals surface area (Å²) in [6, 6.07) is 0. The van der Waals surface area contributed by atoms with Crippen LogP contribution in [0.2, 0.25) is 0 Å². The van der Waals surface area contributed by atoms with Gasteiger partial charge in [0.25, 0.3) is 0 Å². The minimum absolute atomic E-state index is 0.0771. The van der Waals surface area contributed by atoms with E-state index in [2.05, 4.69) is 10.6 Å². The zero-order valence-corrected chi connectivity index (χ0v) is 10.7. The molecule has 2 amide bonds. The molecule has 1 aliphatic heterocycles. The molecular weight excluding hydrogens is 216 g/mol. The van der Waals surface area contributed by atoms with Crippen molar-refractivity contribution in [3.8, 4) is 0 Å². The van der Waals surface area contributed by atoms with Crippen LogP contribution in [0.5, 0.6) is 0 Å². The minimum Gasteiger partial charge on any atom is -0.355 e. The highest BCUT2D eigenvalue weighted by molar-refractivity contribution is 5.77. The van der Waals surface area contributed by atoms with Gasteiger partial charge in [0.1, 0.15) is 0 Å². The first kappa shape index (κ1) is 13.7. The SMILES string of the molecule is CC1(C)CNC(=O)CC/C=C/CCC(=O)NC1. The Labute approximate surface area is 103 Å². The minimum atomic E-state index is -0.104. The van der Waals surface area contributed by atoms with Crippen molar-refractivity contribution in [1.29, 1.82) is 0 Å². The highest BCUT2D eigenvalue weighted by atomic mass is 16.2. The Kier molecular flexibility index (Phi) is 5.19. The lowest BCUT2D eigenvalue weighted by Gasteiger charge is -2.25. The normalized spacial score (nSPS) is 24.6. The highest BCUT2D eigenvalue weighted by Crippen LogP contribution is 2.12. The molecule has 0 unspecified atom stereocenters. The molecule has 2 N–H and O–H groups in total. The van der Waals surface area contributed by atoms with Crippen molar-refractivity contribution in [2.75, 3.05) is 13.1 Å². The molecule has 1 heterocycles. The number of carbonyl (C=O) groups excluding carboxylic acids is 2. The number of rotatable bonds is 0. The summed E-state index contributed by atoms with van der Waals surface area (Å²) in [7, 11) is 0. The van der Waals surface area contributed by atoms with Gasteiger partial charge in [-0.1, -0.05) is 26.0 Å². The Morgan fingerprint density at radius 1 is 0.941 bits per heavy atom. The van der Waals surface area contributed by atoms with Gasteiger partial charge < -0.3 is 10.6 Å². The zero-order chi connectivity index (χ0) is 12.7. The second kappa shape index (κ2) is 6.42. The van der Waals surface area contributed by atoms with Gasteiger partial charge in [0.15, 0.2) is 0 Å². The van der Waals surface area contributed by atoms with Crippen LogP contribution in [0.25, 0.3) is 0 Å². The molecule has 0 aromatic rings. The first-order valence-corrected chi connectivity index (χ1v) is 6.18. The Morgan fingerprint density at radius 3 is 1.76 bits per heavy atom. The van der Waals surface area contributed by atoms with E-state index in [0.717, 1.165) is 12.8 Å². The van der Waals surface area contributed by atoms with Crippen molar-refractivity contribution in [3.05, 3.63) is 12.2 Å². The van der Waals surface area contributed by atoms with E-state index in [1.54, 1.807) is 0 Å². The van der Waals surface area contributed by atoms with Crippen LogP contribution in [0, 0.1) is 5.41 Å². The van der Waals surface area contributed by atoms with Crippen LogP contribution >= 0.6 is 0 Å². The Morgan fingerprint density at radius 2 is 1.35 bits per heavy atom. The molecule has 0 radical (unpaired) electrons. The number of hydrogen-bond acceptors (Lipinski definition) is 2. The smallest absolute Gasteiger partial charge is 0.220 e. The van der Waals surface area contributed by atoms with Crippen LogP contribution in [0.1, 0.15) is 39.5 Å². The second-order valence-electron chi connectivity index (χ2n) is 5.27. The first-order chi connectivity index (χ1) is 7.99. The number of allylic oxidation sites excluding steroid dienone is 2. The van der Waals surface area contributed by atoms with Crippen LogP contribution < -0.4 is 10.6 Å². The predicted molar refractivity (Wildman–Crippen MR) is 67.4 cm³/mol. The third-order valence-electron chi connectivity index (χ3n) is 2.77. The molecule has 0 atom stereocenters. The van der Waals surface area contributed by atoms with Crippen molar-refractivity contribution in [2.24, 2.45) is 5.41 Å². The molecule has 96 valence electrons. The summed E-state index contributed by atoms with van der Waals surface area (Å²) in [5, 5.41) is 5.80. The molecule has 0 aromatic carbocycles. The Balaban J connectivity index is 2.56. The molecule has 0 fully saturated rings. The van der Waals surface area contributed by atoms with Gasteiger partial charge in [0, 0.05) is 25.9 Å². The summed E-state index contributed by atoms with van der Waals surface area (Å²) in [5.41, 5.74) is -0.104. The van der Waals surface area contributed by atoms with E-state index < -0.39 is 0 Å². The fourth-order valence-corrected chi connectivity index (χ4v) is 1.58. The lowest BCUT2D eigenvalue weighted by molar-refractivity contribution is -0.121. The molecule has 0 saturated carbocycles. The maximum absolute atomic E-state index is 11.5. The fourth-order valence-electron chi connectivity index (χ4n) is 1.58. The summed E-state index contributed by atoms with van der Waals surface area (Å²) < 4.78 is 0. The summed E-state index contributed by atoms with van der Waals surface area (Å²) in [5.74, 6) is 0.154. The molecule has 0 aromatic heterocycles. The lowest BCUT2D eigenvalue weighted by atomic mass is 9.93. The molecule has 4 nitrogen and oxygen atoms in total. The topological polar surface area (TPSA) is 58.2 Å². The largest absolute Gasteiger partial charge is 0.355 e. The second-order valence-corrected chi connectivity index (χ2v) is 5.27.